The van der Waals surface area contributed by atoms with E-state index in [1.807, 2.05) is 6.92 Å². The van der Waals surface area contributed by atoms with E-state index in [0.717, 1.165) is 16.9 Å². The first kappa shape index (κ1) is 27.2. The van der Waals surface area contributed by atoms with Gasteiger partial charge in [-0.05, 0) is 50.6 Å². The minimum Gasteiger partial charge on any atom is -0.507 e. The molecule has 3 heterocycles. The Kier molecular flexibility index (Phi) is 7.24. The zero-order chi connectivity index (χ0) is 28.7. The number of ketones is 1. The van der Waals surface area contributed by atoms with Gasteiger partial charge in [-0.1, -0.05) is 23.5 Å². The molecule has 1 fully saturated rings. The zero-order valence-electron chi connectivity index (χ0n) is 22.6. The summed E-state index contributed by atoms with van der Waals surface area (Å²) in [6, 6.07) is 9.07. The summed E-state index contributed by atoms with van der Waals surface area (Å²) in [7, 11) is 2.92. The third-order valence-electron chi connectivity index (χ3n) is 6.79. The maximum Gasteiger partial charge on any atom is 0.350 e. The average molecular weight is 565 g/mol. The van der Waals surface area contributed by atoms with Gasteiger partial charge in [0.05, 0.1) is 32.1 Å². The normalized spacial score (nSPS) is 19.4. The number of aryl methyl sites for hydroxylation is 1. The Labute approximate surface area is 234 Å². The standard InChI is InChI=1S/C29H28N2O8S/c1-6-38-28(35)26-15(3)30-29(40-26)31-22(18-8-7-9-20(36-4)25(18)37-5)21(24(33)27(31)34)23(32)16-10-11-19-17(13-16)12-14(2)39-19/h7-11,13-14,22,32H,6,12H2,1-5H3/b23-21+. The van der Waals surface area contributed by atoms with Crippen LogP contribution in [0.3, 0.4) is 0 Å². The van der Waals surface area contributed by atoms with Crippen LogP contribution in [-0.4, -0.2) is 54.7 Å². The number of aliphatic hydroxyl groups is 1. The second-order valence-corrected chi connectivity index (χ2v) is 10.3. The van der Waals surface area contributed by atoms with Crippen molar-refractivity contribution in [2.45, 2.75) is 39.3 Å². The van der Waals surface area contributed by atoms with Crippen LogP contribution < -0.4 is 19.1 Å². The van der Waals surface area contributed by atoms with Gasteiger partial charge in [0, 0.05) is 17.5 Å². The molecule has 0 spiro atoms. The smallest absolute Gasteiger partial charge is 0.350 e. The summed E-state index contributed by atoms with van der Waals surface area (Å²) in [5, 5.41) is 11.7. The lowest BCUT2D eigenvalue weighted by Gasteiger charge is -2.25. The number of hydrogen-bond acceptors (Lipinski definition) is 10. The van der Waals surface area contributed by atoms with Gasteiger partial charge in [-0.25, -0.2) is 9.78 Å². The molecule has 11 heteroatoms. The molecule has 3 aromatic rings. The van der Waals surface area contributed by atoms with E-state index >= 15 is 0 Å². The number of aromatic nitrogens is 1. The predicted octanol–water partition coefficient (Wildman–Crippen LogP) is 4.60. The molecule has 208 valence electrons. The summed E-state index contributed by atoms with van der Waals surface area (Å²) in [6.45, 7) is 5.43. The molecule has 2 aliphatic heterocycles. The molecule has 0 radical (unpaired) electrons. The number of nitrogens with zero attached hydrogens (tertiary/aromatic N) is 2. The van der Waals surface area contributed by atoms with Gasteiger partial charge in [0.2, 0.25) is 0 Å². The lowest BCUT2D eigenvalue weighted by atomic mass is 9.93. The van der Waals surface area contributed by atoms with Crippen LogP contribution in [0, 0.1) is 6.92 Å². The van der Waals surface area contributed by atoms with Crippen molar-refractivity contribution < 1.29 is 38.4 Å². The van der Waals surface area contributed by atoms with Crippen LogP contribution in [0.25, 0.3) is 5.76 Å². The molecule has 2 atom stereocenters. The van der Waals surface area contributed by atoms with E-state index in [0.29, 0.717) is 34.7 Å². The monoisotopic (exact) mass is 564 g/mol. The largest absolute Gasteiger partial charge is 0.507 e. The Bertz CT molecular complexity index is 1560. The molecular formula is C29H28N2O8S. The van der Waals surface area contributed by atoms with E-state index in [4.69, 9.17) is 18.9 Å². The van der Waals surface area contributed by atoms with E-state index in [1.54, 1.807) is 50.2 Å². The van der Waals surface area contributed by atoms with Gasteiger partial charge in [0.15, 0.2) is 16.6 Å². The Hall–Kier alpha value is -4.38. The van der Waals surface area contributed by atoms with Crippen LogP contribution in [0.4, 0.5) is 5.13 Å². The highest BCUT2D eigenvalue weighted by molar-refractivity contribution is 7.17. The highest BCUT2D eigenvalue weighted by Crippen LogP contribution is 2.48. The van der Waals surface area contributed by atoms with Crippen LogP contribution in [0.15, 0.2) is 42.0 Å². The molecule has 2 aliphatic rings. The van der Waals surface area contributed by atoms with Gasteiger partial charge in [0.25, 0.3) is 5.78 Å². The number of para-hydroxylation sites is 1. The summed E-state index contributed by atoms with van der Waals surface area (Å²) >= 11 is 0.933. The van der Waals surface area contributed by atoms with E-state index in [9.17, 15) is 19.5 Å². The molecule has 1 N–H and O–H groups in total. The number of esters is 1. The van der Waals surface area contributed by atoms with Gasteiger partial charge < -0.3 is 24.1 Å². The number of aliphatic hydroxyl groups excluding tert-OH is 1. The number of fused-ring (bicyclic) bond motifs is 1. The number of carbonyl (C=O) groups excluding carboxylic acids is 3. The van der Waals surface area contributed by atoms with E-state index < -0.39 is 23.7 Å². The molecule has 0 bridgehead atoms. The minimum atomic E-state index is -1.13. The number of rotatable bonds is 7. The molecule has 1 saturated heterocycles. The van der Waals surface area contributed by atoms with Crippen molar-refractivity contribution in [2.75, 3.05) is 25.7 Å². The van der Waals surface area contributed by atoms with Crippen molar-refractivity contribution in [2.24, 2.45) is 0 Å². The third-order valence-corrected chi connectivity index (χ3v) is 7.93. The molecule has 0 aliphatic carbocycles. The lowest BCUT2D eigenvalue weighted by molar-refractivity contribution is -0.132. The number of benzene rings is 2. The molecule has 40 heavy (non-hydrogen) atoms. The highest BCUT2D eigenvalue weighted by Gasteiger charge is 2.49. The summed E-state index contributed by atoms with van der Waals surface area (Å²) in [5.74, 6) is -1.37. The molecular weight excluding hydrogens is 536 g/mol. The average Bonchev–Trinajstić information content (AvgIpc) is 3.59. The molecule has 10 nitrogen and oxygen atoms in total. The second kappa shape index (κ2) is 10.6. The molecule has 1 aromatic heterocycles. The fourth-order valence-electron chi connectivity index (χ4n) is 5.05. The Morgan fingerprint density at radius 2 is 1.98 bits per heavy atom. The molecule has 5 rings (SSSR count). The maximum absolute atomic E-state index is 13.6. The second-order valence-electron chi connectivity index (χ2n) is 9.34. The summed E-state index contributed by atoms with van der Waals surface area (Å²) in [6.07, 6.45) is 0.633. The Balaban J connectivity index is 1.73. The third kappa shape index (κ3) is 4.45. The zero-order valence-corrected chi connectivity index (χ0v) is 23.5. The number of ether oxygens (including phenoxy) is 4. The Morgan fingerprint density at radius 3 is 2.67 bits per heavy atom. The maximum atomic E-state index is 13.6. The van der Waals surface area contributed by atoms with Crippen molar-refractivity contribution in [3.8, 4) is 17.2 Å². The summed E-state index contributed by atoms with van der Waals surface area (Å²) in [5.41, 5.74) is 1.85. The molecule has 2 unspecified atom stereocenters. The fraction of sp³-hybridized carbons (Fsp3) is 0.310. The van der Waals surface area contributed by atoms with E-state index in [2.05, 4.69) is 4.98 Å². The number of hydrogen-bond donors (Lipinski definition) is 1. The molecule has 0 saturated carbocycles. The van der Waals surface area contributed by atoms with Crippen molar-refractivity contribution >= 4 is 39.9 Å². The topological polar surface area (TPSA) is 124 Å². The first-order valence-electron chi connectivity index (χ1n) is 12.7. The lowest BCUT2D eigenvalue weighted by Crippen LogP contribution is -2.29. The van der Waals surface area contributed by atoms with Gasteiger partial charge in [-0.15, -0.1) is 0 Å². The van der Waals surface area contributed by atoms with Gasteiger partial charge in [-0.2, -0.15) is 0 Å². The van der Waals surface area contributed by atoms with Crippen LogP contribution in [-0.2, 0) is 20.7 Å². The van der Waals surface area contributed by atoms with Gasteiger partial charge in [-0.3, -0.25) is 14.5 Å². The van der Waals surface area contributed by atoms with Crippen molar-refractivity contribution in [3.63, 3.8) is 0 Å². The predicted molar refractivity (Wildman–Crippen MR) is 147 cm³/mol. The fourth-order valence-corrected chi connectivity index (χ4v) is 6.03. The quantitative estimate of drug-likeness (QED) is 0.190. The Morgan fingerprint density at radius 1 is 1.20 bits per heavy atom. The van der Waals surface area contributed by atoms with E-state index in [-0.39, 0.29) is 39.8 Å². The number of carbonyl (C=O) groups is 3. The first-order chi connectivity index (χ1) is 19.2. The molecule has 2 aromatic carbocycles. The number of methoxy groups -OCH3 is 2. The molecule has 1 amide bonds. The van der Waals surface area contributed by atoms with E-state index in [1.165, 1.54) is 19.1 Å². The first-order valence-corrected chi connectivity index (χ1v) is 13.5. The van der Waals surface area contributed by atoms with Crippen LogP contribution >= 0.6 is 11.3 Å². The van der Waals surface area contributed by atoms with Crippen LogP contribution in [0.2, 0.25) is 0 Å². The summed E-state index contributed by atoms with van der Waals surface area (Å²) < 4.78 is 22.0. The number of Topliss-reactive ketones (excluding diaryl/α,β-unsaturated/α-hetero) is 1. The minimum absolute atomic E-state index is 0.0132. The van der Waals surface area contributed by atoms with Crippen LogP contribution in [0.1, 0.15) is 51.9 Å². The van der Waals surface area contributed by atoms with Crippen molar-refractivity contribution in [3.05, 3.63) is 69.2 Å². The van der Waals surface area contributed by atoms with Gasteiger partial charge >= 0.3 is 11.9 Å². The summed E-state index contributed by atoms with van der Waals surface area (Å²) in [4.78, 5) is 45.6. The highest BCUT2D eigenvalue weighted by atomic mass is 32.1. The number of thiazole rings is 1. The van der Waals surface area contributed by atoms with Crippen molar-refractivity contribution in [1.29, 1.82) is 0 Å². The SMILES string of the molecule is CCOC(=O)c1sc(N2C(=O)C(=O)/C(=C(/O)c3ccc4c(c3)CC(C)O4)C2c2cccc(OC)c2OC)nc1C. The van der Waals surface area contributed by atoms with Crippen LogP contribution in [0.5, 0.6) is 17.2 Å². The van der Waals surface area contributed by atoms with Gasteiger partial charge in [0.1, 0.15) is 28.5 Å². The number of amides is 1. The number of anilines is 1. The van der Waals surface area contributed by atoms with Crippen molar-refractivity contribution in [1.82, 2.24) is 4.98 Å².